The van der Waals surface area contributed by atoms with Gasteiger partial charge in [-0.25, -0.2) is 14.4 Å². The second-order valence-corrected chi connectivity index (χ2v) is 5.02. The van der Waals surface area contributed by atoms with Crippen LogP contribution in [0.3, 0.4) is 0 Å². The van der Waals surface area contributed by atoms with Gasteiger partial charge >= 0.3 is 0 Å². The van der Waals surface area contributed by atoms with Gasteiger partial charge in [-0.3, -0.25) is 0 Å². The minimum atomic E-state index is -0.377. The highest BCUT2D eigenvalue weighted by atomic mass is 35.5. The first-order valence-electron chi connectivity index (χ1n) is 6.21. The molecule has 0 spiro atoms. The zero-order valence-electron chi connectivity index (χ0n) is 10.5. The van der Waals surface area contributed by atoms with E-state index >= 15 is 0 Å². The zero-order chi connectivity index (χ0) is 13.4. The Bertz CT molecular complexity index is 623. The van der Waals surface area contributed by atoms with Gasteiger partial charge in [0.25, 0.3) is 0 Å². The Balaban J connectivity index is 2.15. The molecule has 0 atom stereocenters. The van der Waals surface area contributed by atoms with Gasteiger partial charge in [-0.15, -0.1) is 0 Å². The summed E-state index contributed by atoms with van der Waals surface area (Å²) in [6.07, 6.45) is 3.03. The Morgan fingerprint density at radius 1 is 1.21 bits per heavy atom. The van der Waals surface area contributed by atoms with Crippen molar-refractivity contribution in [1.82, 2.24) is 9.97 Å². The normalized spacial score (nSPS) is 13.4. The topological polar surface area (TPSA) is 37.8 Å². The highest BCUT2D eigenvalue weighted by Gasteiger charge is 2.19. The lowest BCUT2D eigenvalue weighted by atomic mass is 10.2. The molecule has 0 bridgehead atoms. The van der Waals surface area contributed by atoms with Crippen LogP contribution in [0.1, 0.15) is 17.7 Å². The van der Waals surface area contributed by atoms with Gasteiger partial charge in [0.1, 0.15) is 11.6 Å². The van der Waals surface area contributed by atoms with Crippen LogP contribution in [0.5, 0.6) is 0 Å². The summed E-state index contributed by atoms with van der Waals surface area (Å²) in [6, 6.07) is 4.36. The van der Waals surface area contributed by atoms with Gasteiger partial charge in [-0.05, 0) is 37.5 Å². The predicted octanol–water partition coefficient (Wildman–Crippen LogP) is 3.47. The largest absolute Gasteiger partial charge is 0.373 e. The molecular weight excluding hydrogens is 265 g/mol. The van der Waals surface area contributed by atoms with Crippen LogP contribution < -0.4 is 5.32 Å². The first kappa shape index (κ1) is 12.4. The SMILES string of the molecule is CNc1nc(-c2cc(F)cc(Cl)c2)nc2c1CCC2. The summed E-state index contributed by atoms with van der Waals surface area (Å²) in [6.45, 7) is 0. The van der Waals surface area contributed by atoms with E-state index in [2.05, 4.69) is 15.3 Å². The molecule has 19 heavy (non-hydrogen) atoms. The standard InChI is InChI=1S/C14H13ClFN3/c1-17-14-11-3-2-4-12(11)18-13(19-14)8-5-9(15)7-10(16)6-8/h5-7H,2-4H2,1H3,(H,17,18,19). The number of hydrogen-bond acceptors (Lipinski definition) is 3. The van der Waals surface area contributed by atoms with Gasteiger partial charge in [-0.2, -0.15) is 0 Å². The van der Waals surface area contributed by atoms with Crippen molar-refractivity contribution in [2.24, 2.45) is 0 Å². The molecule has 0 amide bonds. The Morgan fingerprint density at radius 2 is 2.05 bits per heavy atom. The molecule has 1 N–H and O–H groups in total. The second-order valence-electron chi connectivity index (χ2n) is 4.58. The fourth-order valence-corrected chi connectivity index (χ4v) is 2.67. The molecule has 0 unspecified atom stereocenters. The maximum Gasteiger partial charge on any atom is 0.161 e. The van der Waals surface area contributed by atoms with Crippen LogP contribution in [0, 0.1) is 5.82 Å². The third-order valence-electron chi connectivity index (χ3n) is 3.29. The molecule has 1 aliphatic carbocycles. The quantitative estimate of drug-likeness (QED) is 0.913. The molecule has 1 aromatic carbocycles. The molecule has 3 nitrogen and oxygen atoms in total. The van der Waals surface area contributed by atoms with Crippen molar-refractivity contribution >= 4 is 17.4 Å². The van der Waals surface area contributed by atoms with Crippen molar-refractivity contribution in [3.63, 3.8) is 0 Å². The van der Waals surface area contributed by atoms with E-state index in [9.17, 15) is 4.39 Å². The van der Waals surface area contributed by atoms with Crippen LogP contribution in [-0.2, 0) is 12.8 Å². The fourth-order valence-electron chi connectivity index (χ4n) is 2.45. The van der Waals surface area contributed by atoms with E-state index in [-0.39, 0.29) is 5.82 Å². The molecule has 1 heterocycles. The molecule has 0 radical (unpaired) electrons. The molecule has 0 aliphatic heterocycles. The smallest absolute Gasteiger partial charge is 0.161 e. The summed E-state index contributed by atoms with van der Waals surface area (Å²) in [7, 11) is 1.84. The minimum Gasteiger partial charge on any atom is -0.373 e. The fraction of sp³-hybridized carbons (Fsp3) is 0.286. The summed E-state index contributed by atoms with van der Waals surface area (Å²) in [5.74, 6) is 0.974. The van der Waals surface area contributed by atoms with E-state index < -0.39 is 0 Å². The maximum absolute atomic E-state index is 13.4. The first-order valence-corrected chi connectivity index (χ1v) is 6.59. The molecular formula is C14H13ClFN3. The lowest BCUT2D eigenvalue weighted by molar-refractivity contribution is 0.628. The van der Waals surface area contributed by atoms with Gasteiger partial charge in [0.05, 0.1) is 0 Å². The lowest BCUT2D eigenvalue weighted by Crippen LogP contribution is -2.03. The maximum atomic E-state index is 13.4. The number of benzene rings is 1. The van der Waals surface area contributed by atoms with Crippen molar-refractivity contribution in [3.05, 3.63) is 40.3 Å². The van der Waals surface area contributed by atoms with Gasteiger partial charge in [0.2, 0.25) is 0 Å². The number of rotatable bonds is 2. The van der Waals surface area contributed by atoms with Crippen LogP contribution >= 0.6 is 11.6 Å². The summed E-state index contributed by atoms with van der Waals surface area (Å²) in [5.41, 5.74) is 2.83. The minimum absolute atomic E-state index is 0.352. The van der Waals surface area contributed by atoms with Crippen LogP contribution in [0.2, 0.25) is 5.02 Å². The molecule has 5 heteroatoms. The van der Waals surface area contributed by atoms with Crippen molar-refractivity contribution in [1.29, 1.82) is 0 Å². The van der Waals surface area contributed by atoms with Gasteiger partial charge < -0.3 is 5.32 Å². The molecule has 2 aromatic rings. The van der Waals surface area contributed by atoms with Gasteiger partial charge in [0, 0.05) is 28.9 Å². The molecule has 1 aromatic heterocycles. The van der Waals surface area contributed by atoms with Gasteiger partial charge in [0.15, 0.2) is 5.82 Å². The monoisotopic (exact) mass is 277 g/mol. The van der Waals surface area contributed by atoms with Crippen LogP contribution in [-0.4, -0.2) is 17.0 Å². The van der Waals surface area contributed by atoms with E-state index in [1.807, 2.05) is 7.05 Å². The third-order valence-corrected chi connectivity index (χ3v) is 3.51. The molecule has 0 saturated heterocycles. The van der Waals surface area contributed by atoms with E-state index in [4.69, 9.17) is 11.6 Å². The molecule has 3 rings (SSSR count). The number of nitrogens with one attached hydrogen (secondary N) is 1. The molecule has 1 aliphatic rings. The van der Waals surface area contributed by atoms with Crippen molar-refractivity contribution in [2.45, 2.75) is 19.3 Å². The zero-order valence-corrected chi connectivity index (χ0v) is 11.3. The van der Waals surface area contributed by atoms with Crippen LogP contribution in [0.4, 0.5) is 10.2 Å². The summed E-state index contributed by atoms with van der Waals surface area (Å²) >= 11 is 5.88. The highest BCUT2D eigenvalue weighted by molar-refractivity contribution is 6.30. The number of aromatic nitrogens is 2. The van der Waals surface area contributed by atoms with E-state index in [1.54, 1.807) is 6.07 Å². The third kappa shape index (κ3) is 2.28. The first-order chi connectivity index (χ1) is 9.17. The summed E-state index contributed by atoms with van der Waals surface area (Å²) < 4.78 is 13.4. The second kappa shape index (κ2) is 4.78. The number of fused-ring (bicyclic) bond motifs is 1. The Kier molecular flexibility index (Phi) is 3.11. The van der Waals surface area contributed by atoms with E-state index in [0.717, 1.165) is 30.8 Å². The number of halogens is 2. The average molecular weight is 278 g/mol. The number of nitrogens with zero attached hydrogens (tertiary/aromatic N) is 2. The van der Waals surface area contributed by atoms with Crippen molar-refractivity contribution in [2.75, 3.05) is 12.4 Å². The number of hydrogen-bond donors (Lipinski definition) is 1. The Morgan fingerprint density at radius 3 is 2.79 bits per heavy atom. The Labute approximate surface area is 115 Å². The molecule has 98 valence electrons. The number of anilines is 1. The summed E-state index contributed by atoms with van der Waals surface area (Å²) in [4.78, 5) is 9.01. The number of aryl methyl sites for hydroxylation is 1. The van der Waals surface area contributed by atoms with Crippen molar-refractivity contribution in [3.8, 4) is 11.4 Å². The lowest BCUT2D eigenvalue weighted by Gasteiger charge is -2.09. The molecule has 0 fully saturated rings. The highest BCUT2D eigenvalue weighted by Crippen LogP contribution is 2.30. The van der Waals surface area contributed by atoms with Crippen LogP contribution in [0.25, 0.3) is 11.4 Å². The van der Waals surface area contributed by atoms with Gasteiger partial charge in [-0.1, -0.05) is 11.6 Å². The van der Waals surface area contributed by atoms with Crippen molar-refractivity contribution < 1.29 is 4.39 Å². The summed E-state index contributed by atoms with van der Waals surface area (Å²) in [5, 5.41) is 3.44. The predicted molar refractivity (Wildman–Crippen MR) is 74.0 cm³/mol. The van der Waals surface area contributed by atoms with E-state index in [0.29, 0.717) is 16.4 Å². The molecule has 0 saturated carbocycles. The average Bonchev–Trinajstić information content (AvgIpc) is 2.84. The van der Waals surface area contributed by atoms with Crippen LogP contribution in [0.15, 0.2) is 18.2 Å². The Hall–Kier alpha value is -1.68. The van der Waals surface area contributed by atoms with E-state index in [1.165, 1.54) is 17.7 Å².